The van der Waals surface area contributed by atoms with Crippen molar-refractivity contribution in [2.45, 2.75) is 70.5 Å². The van der Waals surface area contributed by atoms with Gasteiger partial charge in [0.25, 0.3) is 0 Å². The number of nitrogens with one attached hydrogen (secondary N) is 1. The van der Waals surface area contributed by atoms with Gasteiger partial charge in [-0.1, -0.05) is 37.1 Å². The van der Waals surface area contributed by atoms with Crippen molar-refractivity contribution >= 4 is 23.6 Å². The van der Waals surface area contributed by atoms with Crippen molar-refractivity contribution in [2.75, 3.05) is 6.54 Å². The normalized spacial score (nSPS) is 23.2. The van der Waals surface area contributed by atoms with Crippen LogP contribution < -0.4 is 5.32 Å². The number of benzene rings is 1. The predicted octanol–water partition coefficient (Wildman–Crippen LogP) is 2.94. The van der Waals surface area contributed by atoms with Crippen molar-refractivity contribution < 1.29 is 23.6 Å². The molecule has 3 aliphatic rings. The molecule has 1 saturated heterocycles. The maximum absolute atomic E-state index is 13.4. The highest BCUT2D eigenvalue weighted by Crippen LogP contribution is 2.35. The van der Waals surface area contributed by atoms with Crippen LogP contribution in [-0.2, 0) is 25.7 Å². The summed E-state index contributed by atoms with van der Waals surface area (Å²) in [7, 11) is 0. The quantitative estimate of drug-likeness (QED) is 0.469. The third-order valence-corrected chi connectivity index (χ3v) is 7.28. The number of rotatable bonds is 8. The summed E-state index contributed by atoms with van der Waals surface area (Å²) in [4.78, 5) is 54.4. The highest BCUT2D eigenvalue weighted by molar-refractivity contribution is 6.05. The fourth-order valence-corrected chi connectivity index (χ4v) is 5.20. The Hall–Kier alpha value is -3.03. The molecule has 1 aliphatic heterocycles. The third-order valence-electron chi connectivity index (χ3n) is 7.28. The van der Waals surface area contributed by atoms with Crippen LogP contribution in [-0.4, -0.2) is 52.1 Å². The summed E-state index contributed by atoms with van der Waals surface area (Å²) in [6, 6.07) is 5.19. The first-order valence-corrected chi connectivity index (χ1v) is 12.2. The van der Waals surface area contributed by atoms with E-state index in [0.29, 0.717) is 18.4 Å². The van der Waals surface area contributed by atoms with Crippen molar-refractivity contribution in [3.05, 3.63) is 47.8 Å². The molecule has 3 atom stereocenters. The first-order chi connectivity index (χ1) is 16.3. The number of carbonyl (C=O) groups excluding carboxylic acids is 4. The molecule has 1 unspecified atom stereocenters. The molecule has 1 aromatic rings. The van der Waals surface area contributed by atoms with Crippen LogP contribution in [0.4, 0.5) is 4.39 Å². The van der Waals surface area contributed by atoms with Crippen LogP contribution in [0.5, 0.6) is 0 Å². The van der Waals surface area contributed by atoms with Crippen molar-refractivity contribution in [1.82, 2.24) is 15.1 Å². The molecule has 2 aliphatic carbocycles. The van der Waals surface area contributed by atoms with Gasteiger partial charge in [0, 0.05) is 25.6 Å². The Labute approximate surface area is 199 Å². The number of hydrogen-bond acceptors (Lipinski definition) is 4. The maximum Gasteiger partial charge on any atom is 0.242 e. The van der Waals surface area contributed by atoms with Crippen molar-refractivity contribution in [1.29, 1.82) is 0 Å². The number of allylic oxidation sites excluding steroid dienone is 2. The zero-order valence-electron chi connectivity index (χ0n) is 19.5. The minimum Gasteiger partial charge on any atom is -0.352 e. The van der Waals surface area contributed by atoms with Crippen LogP contribution in [0, 0.1) is 17.7 Å². The topological polar surface area (TPSA) is 86.8 Å². The molecule has 1 heterocycles. The van der Waals surface area contributed by atoms with Crippen LogP contribution in [0.25, 0.3) is 0 Å². The highest BCUT2D eigenvalue weighted by Gasteiger charge is 2.47. The molecule has 4 rings (SSSR count). The van der Waals surface area contributed by atoms with E-state index < -0.39 is 6.04 Å². The lowest BCUT2D eigenvalue weighted by atomic mass is 9.85. The second-order valence-electron chi connectivity index (χ2n) is 9.55. The summed E-state index contributed by atoms with van der Waals surface area (Å²) < 4.78 is 13.4. The summed E-state index contributed by atoms with van der Waals surface area (Å²) in [5.41, 5.74) is 0.695. The molecular formula is C26H32FN3O4. The van der Waals surface area contributed by atoms with Crippen molar-refractivity contribution in [2.24, 2.45) is 11.8 Å². The van der Waals surface area contributed by atoms with Gasteiger partial charge in [0.1, 0.15) is 11.9 Å². The number of fused-ring (bicyclic) bond motifs is 1. The number of likely N-dealkylation sites (tertiary alicyclic amines) is 1. The molecular weight excluding hydrogens is 437 g/mol. The molecule has 0 spiro atoms. The summed E-state index contributed by atoms with van der Waals surface area (Å²) in [5.74, 6) is -2.04. The van der Waals surface area contributed by atoms with Gasteiger partial charge in [-0.15, -0.1) is 0 Å². The molecule has 8 heteroatoms. The van der Waals surface area contributed by atoms with Crippen molar-refractivity contribution in [3.8, 4) is 0 Å². The minimum atomic E-state index is -0.741. The van der Waals surface area contributed by atoms with Gasteiger partial charge in [0.05, 0.1) is 11.8 Å². The SMILES string of the molecule is CC(C(=O)NC1CCCC1)N(Cc1ccc(F)cc1)C(=O)CCN1C(=O)[C@H]2CC=CC[C@H]2C1=O. The lowest BCUT2D eigenvalue weighted by Crippen LogP contribution is -2.50. The van der Waals surface area contributed by atoms with E-state index in [1.807, 2.05) is 12.2 Å². The van der Waals surface area contributed by atoms with Crippen LogP contribution in [0.3, 0.4) is 0 Å². The van der Waals surface area contributed by atoms with Crippen LogP contribution in [0.1, 0.15) is 57.4 Å². The van der Waals surface area contributed by atoms with Crippen LogP contribution in [0.15, 0.2) is 36.4 Å². The number of nitrogens with zero attached hydrogens (tertiary/aromatic N) is 2. The van der Waals surface area contributed by atoms with Gasteiger partial charge in [-0.2, -0.15) is 0 Å². The lowest BCUT2D eigenvalue weighted by molar-refractivity contribution is -0.144. The second-order valence-corrected chi connectivity index (χ2v) is 9.55. The van der Waals surface area contributed by atoms with Crippen LogP contribution >= 0.6 is 0 Å². The summed E-state index contributed by atoms with van der Waals surface area (Å²) in [6.07, 6.45) is 8.91. The van der Waals surface area contributed by atoms with Gasteiger partial charge in [-0.25, -0.2) is 4.39 Å². The van der Waals surface area contributed by atoms with Gasteiger partial charge in [0.15, 0.2) is 0 Å². The van der Waals surface area contributed by atoms with Gasteiger partial charge >= 0.3 is 0 Å². The second kappa shape index (κ2) is 10.5. The molecule has 0 radical (unpaired) electrons. The Bertz CT molecular complexity index is 945. The van der Waals surface area contributed by atoms with Gasteiger partial charge in [-0.3, -0.25) is 24.1 Å². The first-order valence-electron chi connectivity index (χ1n) is 12.2. The summed E-state index contributed by atoms with van der Waals surface area (Å²) in [5, 5.41) is 3.04. The minimum absolute atomic E-state index is 0.000379. The molecule has 0 bridgehead atoms. The maximum atomic E-state index is 13.4. The molecule has 0 aromatic heterocycles. The molecule has 7 nitrogen and oxygen atoms in total. The van der Waals surface area contributed by atoms with E-state index in [-0.39, 0.29) is 66.8 Å². The van der Waals surface area contributed by atoms with E-state index in [1.165, 1.54) is 21.9 Å². The average Bonchev–Trinajstić information content (AvgIpc) is 3.43. The largest absolute Gasteiger partial charge is 0.352 e. The predicted molar refractivity (Wildman–Crippen MR) is 124 cm³/mol. The van der Waals surface area contributed by atoms with E-state index in [4.69, 9.17) is 0 Å². The highest BCUT2D eigenvalue weighted by atomic mass is 19.1. The van der Waals surface area contributed by atoms with E-state index in [9.17, 15) is 23.6 Å². The molecule has 2 fully saturated rings. The van der Waals surface area contributed by atoms with Gasteiger partial charge in [0.2, 0.25) is 23.6 Å². The van der Waals surface area contributed by atoms with Gasteiger partial charge < -0.3 is 10.2 Å². The summed E-state index contributed by atoms with van der Waals surface area (Å²) in [6.45, 7) is 1.81. The molecule has 34 heavy (non-hydrogen) atoms. The van der Waals surface area contributed by atoms with E-state index >= 15 is 0 Å². The number of halogens is 1. The Balaban J connectivity index is 1.44. The molecule has 1 saturated carbocycles. The zero-order chi connectivity index (χ0) is 24.2. The smallest absolute Gasteiger partial charge is 0.242 e. The Morgan fingerprint density at radius 3 is 2.24 bits per heavy atom. The third kappa shape index (κ3) is 5.21. The number of carbonyl (C=O) groups is 4. The first kappa shape index (κ1) is 24.1. The summed E-state index contributed by atoms with van der Waals surface area (Å²) >= 11 is 0. The number of amides is 4. The average molecular weight is 470 g/mol. The molecule has 182 valence electrons. The van der Waals surface area contributed by atoms with Crippen molar-refractivity contribution in [3.63, 3.8) is 0 Å². The fourth-order valence-electron chi connectivity index (χ4n) is 5.20. The Morgan fingerprint density at radius 2 is 1.65 bits per heavy atom. The van der Waals surface area contributed by atoms with Crippen LogP contribution in [0.2, 0.25) is 0 Å². The molecule has 1 aromatic carbocycles. The standard InChI is InChI=1S/C26H32FN3O4/c1-17(24(32)28-20-6-2-3-7-20)30(16-18-10-12-19(27)13-11-18)23(31)14-15-29-25(33)21-8-4-5-9-22(21)26(29)34/h4-5,10-13,17,20-22H,2-3,6-9,14-16H2,1H3,(H,28,32)/t17?,21-,22+. The van der Waals surface area contributed by atoms with E-state index in [2.05, 4.69) is 5.32 Å². The Kier molecular flexibility index (Phi) is 7.44. The molecule has 4 amide bonds. The number of hydrogen-bond donors (Lipinski definition) is 1. The monoisotopic (exact) mass is 469 g/mol. The molecule has 1 N–H and O–H groups in total. The fraction of sp³-hybridized carbons (Fsp3) is 0.538. The van der Waals surface area contributed by atoms with E-state index in [0.717, 1.165) is 25.7 Å². The zero-order valence-corrected chi connectivity index (χ0v) is 19.5. The lowest BCUT2D eigenvalue weighted by Gasteiger charge is -2.30. The number of imide groups is 1. The van der Waals surface area contributed by atoms with E-state index in [1.54, 1.807) is 19.1 Å². The Morgan fingerprint density at radius 1 is 1.06 bits per heavy atom. The van der Waals surface area contributed by atoms with Gasteiger partial charge in [-0.05, 0) is 50.3 Å².